The van der Waals surface area contributed by atoms with Crippen LogP contribution in [0.15, 0.2) is 6.07 Å². The van der Waals surface area contributed by atoms with E-state index >= 15 is 0 Å². The van der Waals surface area contributed by atoms with Gasteiger partial charge in [0, 0.05) is 6.54 Å². The van der Waals surface area contributed by atoms with Gasteiger partial charge in [-0.1, -0.05) is 6.07 Å². The van der Waals surface area contributed by atoms with Gasteiger partial charge >= 0.3 is 0 Å². The van der Waals surface area contributed by atoms with Gasteiger partial charge in [-0.3, -0.25) is 0 Å². The van der Waals surface area contributed by atoms with E-state index in [9.17, 15) is 5.11 Å². The number of benzene rings is 1. The van der Waals surface area contributed by atoms with Crippen LogP contribution in [0.25, 0.3) is 0 Å². The van der Waals surface area contributed by atoms with E-state index in [2.05, 4.69) is 0 Å². The molecule has 0 aliphatic rings. The molecule has 0 bridgehead atoms. The van der Waals surface area contributed by atoms with Crippen LogP contribution in [0.4, 0.5) is 0 Å². The normalized spacial score (nSPS) is 10.3. The van der Waals surface area contributed by atoms with Crippen molar-refractivity contribution in [2.75, 3.05) is 0 Å². The second kappa shape index (κ2) is 3.15. The quantitative estimate of drug-likeness (QED) is 0.666. The van der Waals surface area contributed by atoms with Crippen LogP contribution in [0.3, 0.4) is 0 Å². The van der Waals surface area contributed by atoms with Crippen molar-refractivity contribution in [3.8, 4) is 5.75 Å². The van der Waals surface area contributed by atoms with E-state index in [1.807, 2.05) is 26.8 Å². The van der Waals surface area contributed by atoms with Crippen molar-refractivity contribution in [1.82, 2.24) is 0 Å². The first-order valence-corrected chi connectivity index (χ1v) is 4.06. The molecule has 66 valence electrons. The molecule has 0 radical (unpaired) electrons. The van der Waals surface area contributed by atoms with E-state index in [1.54, 1.807) is 0 Å². The molecule has 1 rings (SSSR count). The maximum absolute atomic E-state index is 9.57. The van der Waals surface area contributed by atoms with Crippen molar-refractivity contribution in [2.45, 2.75) is 27.3 Å². The van der Waals surface area contributed by atoms with Gasteiger partial charge in [-0.25, -0.2) is 0 Å². The van der Waals surface area contributed by atoms with E-state index < -0.39 is 0 Å². The number of aryl methyl sites for hydroxylation is 1. The molecule has 0 unspecified atom stereocenters. The van der Waals surface area contributed by atoms with Gasteiger partial charge in [0.2, 0.25) is 0 Å². The summed E-state index contributed by atoms with van der Waals surface area (Å²) in [6.45, 7) is 6.32. The van der Waals surface area contributed by atoms with E-state index in [1.165, 1.54) is 0 Å². The Balaban J connectivity index is 3.39. The predicted molar refractivity (Wildman–Crippen MR) is 50.2 cm³/mol. The minimum absolute atomic E-state index is 0.393. The van der Waals surface area contributed by atoms with Gasteiger partial charge in [0.15, 0.2) is 0 Å². The van der Waals surface area contributed by atoms with Crippen LogP contribution in [0.5, 0.6) is 5.75 Å². The Morgan fingerprint density at radius 1 is 1.25 bits per heavy atom. The van der Waals surface area contributed by atoms with Gasteiger partial charge in [0.25, 0.3) is 0 Å². The number of rotatable bonds is 1. The third-order valence-electron chi connectivity index (χ3n) is 2.38. The Bertz CT molecular complexity index is 305. The molecular formula is C10H15NO. The maximum Gasteiger partial charge on any atom is 0.121 e. The first-order chi connectivity index (χ1) is 5.57. The zero-order chi connectivity index (χ0) is 9.30. The standard InChI is InChI=1S/C10H15NO/c1-6-4-9(5-11)7(2)8(3)10(6)12/h4,12H,5,11H2,1-3H3. The largest absolute Gasteiger partial charge is 0.507 e. The first-order valence-electron chi connectivity index (χ1n) is 4.06. The van der Waals surface area contributed by atoms with E-state index in [4.69, 9.17) is 5.73 Å². The van der Waals surface area contributed by atoms with Gasteiger partial charge in [0.05, 0.1) is 0 Å². The predicted octanol–water partition coefficient (Wildman–Crippen LogP) is 1.78. The van der Waals surface area contributed by atoms with E-state index in [0.29, 0.717) is 12.3 Å². The van der Waals surface area contributed by atoms with Crippen molar-refractivity contribution < 1.29 is 5.11 Å². The Kier molecular flexibility index (Phi) is 2.38. The third-order valence-corrected chi connectivity index (χ3v) is 2.38. The maximum atomic E-state index is 9.57. The highest BCUT2D eigenvalue weighted by Crippen LogP contribution is 2.26. The second-order valence-electron chi connectivity index (χ2n) is 3.16. The molecule has 1 aromatic rings. The topological polar surface area (TPSA) is 46.2 Å². The van der Waals surface area contributed by atoms with E-state index in [-0.39, 0.29) is 0 Å². The first kappa shape index (κ1) is 9.07. The molecule has 2 nitrogen and oxygen atoms in total. The molecule has 0 saturated heterocycles. The summed E-state index contributed by atoms with van der Waals surface area (Å²) in [7, 11) is 0. The lowest BCUT2D eigenvalue weighted by Crippen LogP contribution is -2.01. The molecule has 3 N–H and O–H groups in total. The lowest BCUT2D eigenvalue weighted by atomic mass is 9.99. The van der Waals surface area contributed by atoms with Crippen molar-refractivity contribution in [3.63, 3.8) is 0 Å². The molecular weight excluding hydrogens is 150 g/mol. The van der Waals surface area contributed by atoms with Crippen molar-refractivity contribution in [2.24, 2.45) is 5.73 Å². The second-order valence-corrected chi connectivity index (χ2v) is 3.16. The Morgan fingerprint density at radius 2 is 1.83 bits per heavy atom. The average Bonchev–Trinajstić information content (AvgIpc) is 2.08. The minimum atomic E-state index is 0.393. The summed E-state index contributed by atoms with van der Waals surface area (Å²) in [5.41, 5.74) is 9.61. The summed E-state index contributed by atoms with van der Waals surface area (Å²) in [6.07, 6.45) is 0. The van der Waals surface area contributed by atoms with Crippen LogP contribution < -0.4 is 5.73 Å². The fourth-order valence-electron chi connectivity index (χ4n) is 1.36. The zero-order valence-electron chi connectivity index (χ0n) is 7.81. The molecule has 12 heavy (non-hydrogen) atoms. The van der Waals surface area contributed by atoms with Crippen LogP contribution in [0, 0.1) is 20.8 Å². The Hall–Kier alpha value is -1.02. The van der Waals surface area contributed by atoms with Crippen LogP contribution in [-0.4, -0.2) is 5.11 Å². The summed E-state index contributed by atoms with van der Waals surface area (Å²) in [6, 6.07) is 1.94. The molecule has 1 aromatic carbocycles. The molecule has 0 aliphatic heterocycles. The Labute approximate surface area is 73.0 Å². The van der Waals surface area contributed by atoms with Crippen molar-refractivity contribution in [1.29, 1.82) is 0 Å². The number of phenolic OH excluding ortho intramolecular Hbond substituents is 1. The monoisotopic (exact) mass is 165 g/mol. The summed E-state index contributed by atoms with van der Waals surface area (Å²) >= 11 is 0. The zero-order valence-corrected chi connectivity index (χ0v) is 7.81. The van der Waals surface area contributed by atoms with Gasteiger partial charge in [-0.05, 0) is 43.0 Å². The SMILES string of the molecule is Cc1cc(CN)c(C)c(C)c1O. The Morgan fingerprint density at radius 3 is 2.33 bits per heavy atom. The fourth-order valence-corrected chi connectivity index (χ4v) is 1.36. The number of hydrogen-bond donors (Lipinski definition) is 2. The summed E-state index contributed by atoms with van der Waals surface area (Å²) in [5, 5.41) is 9.57. The number of nitrogens with two attached hydrogens (primary N) is 1. The fraction of sp³-hybridized carbons (Fsp3) is 0.400. The van der Waals surface area contributed by atoms with Gasteiger partial charge < -0.3 is 10.8 Å². The molecule has 0 atom stereocenters. The molecule has 0 aliphatic carbocycles. The number of hydrogen-bond acceptors (Lipinski definition) is 2. The van der Waals surface area contributed by atoms with Crippen molar-refractivity contribution in [3.05, 3.63) is 28.3 Å². The minimum Gasteiger partial charge on any atom is -0.507 e. The molecule has 0 fully saturated rings. The smallest absolute Gasteiger partial charge is 0.121 e. The number of phenols is 1. The highest BCUT2D eigenvalue weighted by Gasteiger charge is 2.07. The van der Waals surface area contributed by atoms with Gasteiger partial charge in [0.1, 0.15) is 5.75 Å². The lowest BCUT2D eigenvalue weighted by molar-refractivity contribution is 0.466. The molecule has 0 heterocycles. The molecule has 0 saturated carbocycles. The summed E-state index contributed by atoms with van der Waals surface area (Å²) in [4.78, 5) is 0. The molecule has 0 amide bonds. The highest BCUT2D eigenvalue weighted by molar-refractivity contribution is 5.47. The van der Waals surface area contributed by atoms with Crippen LogP contribution in [0.1, 0.15) is 22.3 Å². The molecule has 2 heteroatoms. The van der Waals surface area contributed by atoms with E-state index in [0.717, 1.165) is 22.3 Å². The lowest BCUT2D eigenvalue weighted by Gasteiger charge is -2.10. The van der Waals surface area contributed by atoms with Crippen LogP contribution in [-0.2, 0) is 6.54 Å². The number of aromatic hydroxyl groups is 1. The van der Waals surface area contributed by atoms with Gasteiger partial charge in [-0.2, -0.15) is 0 Å². The molecule has 0 spiro atoms. The van der Waals surface area contributed by atoms with Gasteiger partial charge in [-0.15, -0.1) is 0 Å². The summed E-state index contributed by atoms with van der Waals surface area (Å²) < 4.78 is 0. The highest BCUT2D eigenvalue weighted by atomic mass is 16.3. The van der Waals surface area contributed by atoms with Crippen molar-refractivity contribution >= 4 is 0 Å². The average molecular weight is 165 g/mol. The molecule has 0 aromatic heterocycles. The van der Waals surface area contributed by atoms with Crippen LogP contribution >= 0.6 is 0 Å². The third kappa shape index (κ3) is 1.30. The summed E-state index contributed by atoms with van der Waals surface area (Å²) in [5.74, 6) is 0.393. The van der Waals surface area contributed by atoms with Crippen LogP contribution in [0.2, 0.25) is 0 Å².